The molecule has 0 aromatic heterocycles. The highest BCUT2D eigenvalue weighted by atomic mass is 29.6. The first-order valence-corrected chi connectivity index (χ1v) is 18.4. The average Bonchev–Trinajstić information content (AvgIpc) is 2.09. The molecule has 1 fully saturated rings. The number of hydrogen-bond acceptors (Lipinski definition) is 1. The molecule has 1 atom stereocenters. The fourth-order valence-electron chi connectivity index (χ4n) is 3.70. The normalized spacial score (nSPS) is 33.7. The van der Waals surface area contributed by atoms with Crippen molar-refractivity contribution in [1.82, 2.24) is 0 Å². The lowest BCUT2D eigenvalue weighted by molar-refractivity contribution is 0.119. The van der Waals surface area contributed by atoms with E-state index in [2.05, 4.69) is 60.4 Å². The van der Waals surface area contributed by atoms with Crippen LogP contribution in [0.5, 0.6) is 0 Å². The van der Waals surface area contributed by atoms with E-state index in [1.165, 1.54) is 18.5 Å². The molecule has 0 aliphatic carbocycles. The molecule has 1 aliphatic rings. The summed E-state index contributed by atoms with van der Waals surface area (Å²) < 4.78 is 6.80. The second kappa shape index (κ2) is 4.86. The third-order valence-electron chi connectivity index (χ3n) is 5.58. The standard InChI is InChI=1S/C14H34OSi3/c1-13(2)10-11-18(9)15-14(3,4)12-16(5,6)17(18,7)8/h13H,10-12H2,1-9H3. The molecular weight excluding hydrogens is 268 g/mol. The summed E-state index contributed by atoms with van der Waals surface area (Å²) in [5.41, 5.74) is 0.149. The molecule has 1 rings (SSSR count). The second-order valence-electron chi connectivity index (χ2n) is 8.71. The molecular formula is C14H34OSi3. The van der Waals surface area contributed by atoms with E-state index in [9.17, 15) is 0 Å². The molecule has 1 aliphatic heterocycles. The Kier molecular flexibility index (Phi) is 4.50. The van der Waals surface area contributed by atoms with E-state index in [0.717, 1.165) is 5.92 Å². The van der Waals surface area contributed by atoms with Crippen LogP contribution in [0.2, 0.25) is 44.8 Å². The van der Waals surface area contributed by atoms with Crippen molar-refractivity contribution in [1.29, 1.82) is 0 Å². The Hall–Kier alpha value is 0.611. The Labute approximate surface area is 117 Å². The van der Waals surface area contributed by atoms with Crippen LogP contribution in [0.4, 0.5) is 0 Å². The minimum absolute atomic E-state index is 0.149. The predicted molar refractivity (Wildman–Crippen MR) is 90.8 cm³/mol. The van der Waals surface area contributed by atoms with Crippen LogP contribution >= 0.6 is 0 Å². The maximum atomic E-state index is 6.80. The van der Waals surface area contributed by atoms with Crippen molar-refractivity contribution in [2.45, 2.75) is 84.5 Å². The van der Waals surface area contributed by atoms with Gasteiger partial charge in [0.05, 0.1) is 7.11 Å². The summed E-state index contributed by atoms with van der Waals surface area (Å²) in [6.07, 6.45) is 1.36. The fourth-order valence-corrected chi connectivity index (χ4v) is 37.4. The summed E-state index contributed by atoms with van der Waals surface area (Å²) in [6, 6.07) is 2.76. The van der Waals surface area contributed by atoms with Crippen LogP contribution in [-0.4, -0.2) is 28.1 Å². The number of hydrogen-bond donors (Lipinski definition) is 0. The van der Waals surface area contributed by atoms with E-state index in [-0.39, 0.29) is 5.60 Å². The molecule has 1 unspecified atom stereocenters. The molecule has 1 heterocycles. The molecule has 18 heavy (non-hydrogen) atoms. The maximum absolute atomic E-state index is 6.80. The summed E-state index contributed by atoms with van der Waals surface area (Å²) in [5, 5.41) is 0. The molecule has 0 saturated carbocycles. The fraction of sp³-hybridized carbons (Fsp3) is 1.00. The monoisotopic (exact) mass is 302 g/mol. The molecule has 1 saturated heterocycles. The van der Waals surface area contributed by atoms with Crippen LogP contribution in [0.15, 0.2) is 0 Å². The lowest BCUT2D eigenvalue weighted by Gasteiger charge is -2.59. The molecule has 4 heteroatoms. The lowest BCUT2D eigenvalue weighted by Crippen LogP contribution is -2.78. The van der Waals surface area contributed by atoms with Crippen molar-refractivity contribution in [2.24, 2.45) is 5.92 Å². The molecule has 1 nitrogen and oxygen atoms in total. The van der Waals surface area contributed by atoms with E-state index >= 15 is 0 Å². The highest BCUT2D eigenvalue weighted by molar-refractivity contribution is 7.67. The van der Waals surface area contributed by atoms with E-state index in [1.807, 2.05) is 0 Å². The third kappa shape index (κ3) is 3.02. The quantitative estimate of drug-likeness (QED) is 0.667. The van der Waals surface area contributed by atoms with Crippen LogP contribution in [0.1, 0.15) is 34.1 Å². The first-order chi connectivity index (χ1) is 7.83. The Morgan fingerprint density at radius 1 is 1.06 bits per heavy atom. The summed E-state index contributed by atoms with van der Waals surface area (Å²) in [7, 11) is -3.75. The van der Waals surface area contributed by atoms with Crippen LogP contribution in [-0.2, 0) is 4.43 Å². The molecule has 108 valence electrons. The third-order valence-corrected chi connectivity index (χ3v) is 46.1. The van der Waals surface area contributed by atoms with E-state index in [0.29, 0.717) is 0 Å². The van der Waals surface area contributed by atoms with E-state index < -0.39 is 22.5 Å². The molecule has 0 spiro atoms. The van der Waals surface area contributed by atoms with E-state index in [1.54, 1.807) is 0 Å². The van der Waals surface area contributed by atoms with Crippen LogP contribution < -0.4 is 0 Å². The van der Waals surface area contributed by atoms with Gasteiger partial charge < -0.3 is 4.43 Å². The number of rotatable bonds is 3. The summed E-state index contributed by atoms with van der Waals surface area (Å²) in [6.45, 7) is 22.5. The van der Waals surface area contributed by atoms with Gasteiger partial charge in [-0.15, -0.1) is 0 Å². The Balaban J connectivity index is 3.05. The van der Waals surface area contributed by atoms with Gasteiger partial charge in [-0.2, -0.15) is 0 Å². The van der Waals surface area contributed by atoms with Crippen molar-refractivity contribution in [3.05, 3.63) is 0 Å². The summed E-state index contributed by atoms with van der Waals surface area (Å²) >= 11 is 0. The summed E-state index contributed by atoms with van der Waals surface area (Å²) in [5.74, 6) is 0.817. The highest BCUT2D eigenvalue weighted by Gasteiger charge is 2.62. The maximum Gasteiger partial charge on any atom is 0.174 e. The first kappa shape index (κ1) is 16.7. The van der Waals surface area contributed by atoms with Crippen molar-refractivity contribution in [3.8, 4) is 0 Å². The average molecular weight is 303 g/mol. The van der Waals surface area contributed by atoms with Gasteiger partial charge in [0.2, 0.25) is 0 Å². The highest BCUT2D eigenvalue weighted by Crippen LogP contribution is 2.45. The molecule has 0 N–H and O–H groups in total. The van der Waals surface area contributed by atoms with Crippen molar-refractivity contribution in [3.63, 3.8) is 0 Å². The van der Waals surface area contributed by atoms with E-state index in [4.69, 9.17) is 4.43 Å². The first-order valence-electron chi connectivity index (χ1n) is 7.53. The molecule has 0 radical (unpaired) electrons. The van der Waals surface area contributed by atoms with Crippen molar-refractivity contribution in [2.75, 3.05) is 0 Å². The SMILES string of the molecule is CC(C)CC[Si]1(C)OC(C)(C)C[Si](C)(C)[Si]1(C)C. The zero-order valence-electron chi connectivity index (χ0n) is 14.1. The van der Waals surface area contributed by atoms with Gasteiger partial charge in [-0.3, -0.25) is 0 Å². The topological polar surface area (TPSA) is 9.23 Å². The van der Waals surface area contributed by atoms with Gasteiger partial charge in [0.15, 0.2) is 7.83 Å². The van der Waals surface area contributed by atoms with Gasteiger partial charge in [-0.1, -0.05) is 46.5 Å². The van der Waals surface area contributed by atoms with Gasteiger partial charge in [0.25, 0.3) is 0 Å². The predicted octanol–water partition coefficient (Wildman–Crippen LogP) is 4.99. The van der Waals surface area contributed by atoms with Gasteiger partial charge in [0.1, 0.15) is 0 Å². The molecule has 0 bridgehead atoms. The lowest BCUT2D eigenvalue weighted by atomic mass is 10.2. The van der Waals surface area contributed by atoms with Gasteiger partial charge >= 0.3 is 0 Å². The van der Waals surface area contributed by atoms with Crippen LogP contribution in [0.3, 0.4) is 0 Å². The molecule has 0 aromatic rings. The van der Waals surface area contributed by atoms with Crippen LogP contribution in [0, 0.1) is 5.92 Å². The Morgan fingerprint density at radius 3 is 2.00 bits per heavy atom. The zero-order chi connectivity index (χ0) is 14.4. The zero-order valence-corrected chi connectivity index (χ0v) is 17.1. The molecule has 0 aromatic carbocycles. The summed E-state index contributed by atoms with van der Waals surface area (Å²) in [4.78, 5) is 0. The van der Waals surface area contributed by atoms with Gasteiger partial charge in [-0.05, 0) is 38.4 Å². The second-order valence-corrected chi connectivity index (χ2v) is 35.5. The van der Waals surface area contributed by atoms with Gasteiger partial charge in [-0.25, -0.2) is 0 Å². The smallest absolute Gasteiger partial charge is 0.174 e. The Bertz CT molecular complexity index is 310. The van der Waals surface area contributed by atoms with Crippen molar-refractivity contribution >= 4 is 22.5 Å². The van der Waals surface area contributed by atoms with Crippen molar-refractivity contribution < 1.29 is 4.43 Å². The molecule has 0 amide bonds. The van der Waals surface area contributed by atoms with Gasteiger partial charge in [0, 0.05) is 13.2 Å². The van der Waals surface area contributed by atoms with Crippen LogP contribution in [0.25, 0.3) is 0 Å². The minimum atomic E-state index is -1.50. The minimum Gasteiger partial charge on any atom is -0.415 e. The Morgan fingerprint density at radius 2 is 1.56 bits per heavy atom. The largest absolute Gasteiger partial charge is 0.415 e.